The predicted octanol–water partition coefficient (Wildman–Crippen LogP) is 4.14. The first-order chi connectivity index (χ1) is 13.0. The molecule has 0 aromatic rings. The number of hydrogen-bond donors (Lipinski definition) is 1. The summed E-state index contributed by atoms with van der Waals surface area (Å²) >= 11 is 1.59. The topological polar surface area (TPSA) is 40.0 Å². The Hall–Kier alpha value is -1.60. The largest absolute Gasteiger partial charge is 0.356 e. The molecule has 0 spiro atoms. The van der Waals surface area contributed by atoms with Crippen molar-refractivity contribution in [3.05, 3.63) is 46.4 Å². The zero-order valence-corrected chi connectivity index (χ0v) is 17.5. The van der Waals surface area contributed by atoms with Gasteiger partial charge >= 0.3 is 0 Å². The molecule has 1 radical (unpaired) electrons. The van der Waals surface area contributed by atoms with Gasteiger partial charge in [-0.25, -0.2) is 4.39 Å². The Labute approximate surface area is 167 Å². The summed E-state index contributed by atoms with van der Waals surface area (Å²) in [6.07, 6.45) is 6.23. The monoisotopic (exact) mass is 387 g/mol. The van der Waals surface area contributed by atoms with E-state index in [1.54, 1.807) is 25.7 Å². The molecule has 2 aliphatic rings. The number of aliphatic imine (C=N–C) groups is 2. The van der Waals surface area contributed by atoms with Crippen LogP contribution < -0.4 is 5.23 Å². The van der Waals surface area contributed by atoms with Crippen molar-refractivity contribution in [3.8, 4) is 0 Å². The molecule has 1 fully saturated rings. The van der Waals surface area contributed by atoms with Crippen molar-refractivity contribution in [2.24, 2.45) is 9.98 Å². The molecule has 0 aromatic carbocycles. The molecule has 0 aliphatic carbocycles. The third-order valence-electron chi connectivity index (χ3n) is 4.44. The number of thioether (sulfide) groups is 1. The van der Waals surface area contributed by atoms with Crippen LogP contribution in [0.3, 0.4) is 0 Å². The quantitative estimate of drug-likeness (QED) is 0.478. The highest BCUT2D eigenvalue weighted by Crippen LogP contribution is 2.33. The lowest BCUT2D eigenvalue weighted by molar-refractivity contribution is 0.365. The van der Waals surface area contributed by atoms with Crippen LogP contribution in [0.5, 0.6) is 0 Å². The summed E-state index contributed by atoms with van der Waals surface area (Å²) in [7, 11) is 3.77. The number of allylic oxidation sites excluding steroid dienone is 3. The molecular weight excluding hydrogens is 358 g/mol. The fraction of sp³-hybridized carbons (Fsp3) is 0.500. The summed E-state index contributed by atoms with van der Waals surface area (Å²) in [5.41, 5.74) is 3.24. The molecule has 2 atom stereocenters. The van der Waals surface area contributed by atoms with Gasteiger partial charge in [0.05, 0.1) is 12.3 Å². The Morgan fingerprint density at radius 2 is 2.37 bits per heavy atom. The first-order valence-corrected chi connectivity index (χ1v) is 10.2. The smallest absolute Gasteiger partial charge is 0.202 e. The van der Waals surface area contributed by atoms with E-state index in [0.29, 0.717) is 19.0 Å². The second-order valence-electron chi connectivity index (χ2n) is 6.57. The molecule has 27 heavy (non-hydrogen) atoms. The van der Waals surface area contributed by atoms with Gasteiger partial charge in [0, 0.05) is 42.2 Å². The molecule has 1 N–H and O–H groups in total. The zero-order valence-electron chi connectivity index (χ0n) is 16.7. The normalized spacial score (nSPS) is 21.8. The van der Waals surface area contributed by atoms with Gasteiger partial charge in [-0.15, -0.1) is 0 Å². The van der Waals surface area contributed by atoms with E-state index in [4.69, 9.17) is 4.99 Å². The summed E-state index contributed by atoms with van der Waals surface area (Å²) in [5, 5.41) is 5.45. The third-order valence-corrected chi connectivity index (χ3v) is 5.32. The van der Waals surface area contributed by atoms with Gasteiger partial charge in [-0.05, 0) is 31.8 Å². The number of hydrogen-bond acceptors (Lipinski definition) is 5. The molecule has 0 amide bonds. The van der Waals surface area contributed by atoms with Crippen molar-refractivity contribution in [2.75, 3.05) is 20.1 Å². The van der Waals surface area contributed by atoms with E-state index < -0.39 is 6.17 Å². The first kappa shape index (κ1) is 21.7. The number of nitrogens with one attached hydrogen (secondary N) is 1. The van der Waals surface area contributed by atoms with Gasteiger partial charge in [-0.1, -0.05) is 37.3 Å². The Morgan fingerprint density at radius 1 is 1.59 bits per heavy atom. The predicted molar refractivity (Wildman–Crippen MR) is 118 cm³/mol. The first-order valence-electron chi connectivity index (χ1n) is 9.34. The van der Waals surface area contributed by atoms with Crippen LogP contribution in [0.4, 0.5) is 4.39 Å². The van der Waals surface area contributed by atoms with Crippen LogP contribution in [0, 0.1) is 0 Å². The Morgan fingerprint density at radius 3 is 3.00 bits per heavy atom. The van der Waals surface area contributed by atoms with E-state index >= 15 is 0 Å². The molecule has 2 heterocycles. The maximum absolute atomic E-state index is 13.1. The van der Waals surface area contributed by atoms with Crippen molar-refractivity contribution in [2.45, 2.75) is 45.7 Å². The number of fused-ring (bicyclic) bond motifs is 1. The average Bonchev–Trinajstić information content (AvgIpc) is 3.06. The number of rotatable bonds is 9. The van der Waals surface area contributed by atoms with Crippen LogP contribution in [0.25, 0.3) is 0 Å². The van der Waals surface area contributed by atoms with E-state index in [-0.39, 0.29) is 0 Å². The van der Waals surface area contributed by atoms with Gasteiger partial charge in [-0.3, -0.25) is 9.98 Å². The van der Waals surface area contributed by atoms with E-state index in [9.17, 15) is 4.39 Å². The van der Waals surface area contributed by atoms with Gasteiger partial charge in [-0.2, -0.15) is 0 Å². The minimum atomic E-state index is -0.850. The maximum atomic E-state index is 13.1. The van der Waals surface area contributed by atoms with Crippen LogP contribution >= 0.6 is 11.8 Å². The second kappa shape index (κ2) is 10.7. The van der Waals surface area contributed by atoms with Crippen molar-refractivity contribution < 1.29 is 4.39 Å². The van der Waals surface area contributed by atoms with Crippen molar-refractivity contribution in [3.63, 3.8) is 0 Å². The van der Waals surface area contributed by atoms with Crippen molar-refractivity contribution in [1.82, 2.24) is 10.1 Å². The maximum Gasteiger partial charge on any atom is 0.202 e. The summed E-state index contributed by atoms with van der Waals surface area (Å²) < 4.78 is 13.1. The van der Waals surface area contributed by atoms with Gasteiger partial charge in [0.1, 0.15) is 12.0 Å². The van der Waals surface area contributed by atoms with Crippen LogP contribution in [-0.4, -0.2) is 56.2 Å². The molecule has 0 aromatic heterocycles. The summed E-state index contributed by atoms with van der Waals surface area (Å²) in [5.74, 6) is 0.939. The lowest BCUT2D eigenvalue weighted by Gasteiger charge is -2.29. The molecule has 1 saturated heterocycles. The van der Waals surface area contributed by atoms with Crippen molar-refractivity contribution in [1.29, 1.82) is 0 Å². The molecule has 2 unspecified atom stereocenters. The lowest BCUT2D eigenvalue weighted by Crippen LogP contribution is -2.37. The molecule has 0 saturated carbocycles. The SMILES string of the molecule is C=C(S/C=C\C)C1=NCC(C(/C=C\CC(C)F)=NC)=C2CC(N[B]C)CN12. The highest BCUT2D eigenvalue weighted by molar-refractivity contribution is 8.06. The number of nitrogens with zero attached hydrogens (tertiary/aromatic N) is 3. The summed E-state index contributed by atoms with van der Waals surface area (Å²) in [6, 6.07) is 0.329. The van der Waals surface area contributed by atoms with Crippen LogP contribution in [0.15, 0.2) is 56.4 Å². The standard InChI is InChI=1S/C20H29BFN4S/c1-6-10-27-15(3)20-24-12-17(18(23-5)9-7-8-14(2)22)19-11-16(25-21-4)13-26(19)20/h6-7,9-10,14,16,25H,3,8,11-13H2,1-2,4-5H3/b9-7-,10-6-,23-18?. The van der Waals surface area contributed by atoms with Crippen molar-refractivity contribution >= 4 is 30.7 Å². The lowest BCUT2D eigenvalue weighted by atomic mass is 9.96. The molecule has 2 aliphatic heterocycles. The highest BCUT2D eigenvalue weighted by Gasteiger charge is 2.35. The van der Waals surface area contributed by atoms with E-state index in [1.807, 2.05) is 44.8 Å². The third kappa shape index (κ3) is 5.69. The summed E-state index contributed by atoms with van der Waals surface area (Å²) in [6.45, 7) is 11.2. The molecule has 2 rings (SSSR count). The van der Waals surface area contributed by atoms with Gasteiger partial charge < -0.3 is 10.1 Å². The molecule has 145 valence electrons. The molecule has 4 nitrogen and oxygen atoms in total. The fourth-order valence-corrected chi connectivity index (χ4v) is 3.85. The number of alkyl halides is 1. The summed E-state index contributed by atoms with van der Waals surface area (Å²) in [4.78, 5) is 12.5. The fourth-order valence-electron chi connectivity index (χ4n) is 3.26. The van der Waals surface area contributed by atoms with Crippen LogP contribution in [0.2, 0.25) is 6.82 Å². The molecule has 7 heteroatoms. The van der Waals surface area contributed by atoms with E-state index in [1.165, 1.54) is 5.70 Å². The minimum Gasteiger partial charge on any atom is -0.356 e. The Kier molecular flexibility index (Phi) is 8.57. The minimum absolute atomic E-state index is 0.329. The second-order valence-corrected chi connectivity index (χ2v) is 7.57. The van der Waals surface area contributed by atoms with Gasteiger partial charge in [0.2, 0.25) is 7.41 Å². The van der Waals surface area contributed by atoms with Gasteiger partial charge in [0.15, 0.2) is 0 Å². The highest BCUT2D eigenvalue weighted by atomic mass is 32.2. The van der Waals surface area contributed by atoms with E-state index in [0.717, 1.165) is 35.0 Å². The number of halogens is 1. The zero-order chi connectivity index (χ0) is 19.8. The average molecular weight is 387 g/mol. The van der Waals surface area contributed by atoms with Crippen LogP contribution in [-0.2, 0) is 0 Å². The Balaban J connectivity index is 2.30. The van der Waals surface area contributed by atoms with Gasteiger partial charge in [0.25, 0.3) is 0 Å². The molecule has 0 bridgehead atoms. The van der Waals surface area contributed by atoms with E-state index in [2.05, 4.69) is 21.7 Å². The van der Waals surface area contributed by atoms with Crippen LogP contribution in [0.1, 0.15) is 26.7 Å². The molecular formula is C20H29BFN4S. The number of amidine groups is 1. The Bertz CT molecular complexity index is 694.